The van der Waals surface area contributed by atoms with Crippen LogP contribution in [0.5, 0.6) is 0 Å². The highest BCUT2D eigenvalue weighted by Gasteiger charge is 2.12. The van der Waals surface area contributed by atoms with E-state index in [2.05, 4.69) is 4.90 Å². The Morgan fingerprint density at radius 2 is 2.16 bits per heavy atom. The van der Waals surface area contributed by atoms with Crippen LogP contribution < -0.4 is 0 Å². The standard InChI is InChI=1S/C13H18N2O3S/c1-11-10-12(2-3-13(11)15(16)17)19-9-6-14-4-7-18-8-5-14/h2-3,10H,4-9H2,1H3. The fraction of sp³-hybridized carbons (Fsp3) is 0.538. The van der Waals surface area contributed by atoms with E-state index >= 15 is 0 Å². The van der Waals surface area contributed by atoms with Crippen molar-refractivity contribution in [2.45, 2.75) is 11.8 Å². The van der Waals surface area contributed by atoms with E-state index in [1.807, 2.05) is 12.1 Å². The molecular formula is C13H18N2O3S. The molecule has 0 amide bonds. The molecule has 1 aliphatic heterocycles. The maximum atomic E-state index is 10.7. The first kappa shape index (κ1) is 14.3. The third-order valence-corrected chi connectivity index (χ3v) is 4.12. The molecule has 0 saturated carbocycles. The predicted octanol–water partition coefficient (Wildman–Crippen LogP) is 2.33. The minimum atomic E-state index is -0.336. The molecule has 2 rings (SSSR count). The van der Waals surface area contributed by atoms with Crippen molar-refractivity contribution in [1.82, 2.24) is 4.90 Å². The Balaban J connectivity index is 1.82. The van der Waals surface area contributed by atoms with E-state index in [0.29, 0.717) is 0 Å². The van der Waals surface area contributed by atoms with Crippen LogP contribution in [0.2, 0.25) is 0 Å². The van der Waals surface area contributed by atoms with Crippen LogP contribution in [0, 0.1) is 17.0 Å². The van der Waals surface area contributed by atoms with Gasteiger partial charge in [0.2, 0.25) is 0 Å². The molecule has 5 nitrogen and oxygen atoms in total. The van der Waals surface area contributed by atoms with Gasteiger partial charge in [-0.3, -0.25) is 15.0 Å². The van der Waals surface area contributed by atoms with Gasteiger partial charge in [0.15, 0.2) is 0 Å². The fourth-order valence-corrected chi connectivity index (χ4v) is 3.05. The second-order valence-electron chi connectivity index (χ2n) is 4.51. The predicted molar refractivity (Wildman–Crippen MR) is 75.8 cm³/mol. The van der Waals surface area contributed by atoms with Crippen LogP contribution in [-0.2, 0) is 4.74 Å². The van der Waals surface area contributed by atoms with Crippen molar-refractivity contribution in [3.8, 4) is 0 Å². The van der Waals surface area contributed by atoms with Gasteiger partial charge < -0.3 is 4.74 Å². The minimum absolute atomic E-state index is 0.192. The molecule has 0 unspecified atom stereocenters. The van der Waals surface area contributed by atoms with Crippen LogP contribution in [0.4, 0.5) is 5.69 Å². The van der Waals surface area contributed by atoms with E-state index in [1.165, 1.54) is 0 Å². The van der Waals surface area contributed by atoms with Crippen LogP contribution in [0.1, 0.15) is 5.56 Å². The summed E-state index contributed by atoms with van der Waals surface area (Å²) in [6.45, 7) is 6.45. The lowest BCUT2D eigenvalue weighted by Gasteiger charge is -2.26. The Bertz CT molecular complexity index is 448. The van der Waals surface area contributed by atoms with Crippen LogP contribution in [0.15, 0.2) is 23.1 Å². The quantitative estimate of drug-likeness (QED) is 0.471. The lowest BCUT2D eigenvalue weighted by atomic mass is 10.2. The smallest absolute Gasteiger partial charge is 0.272 e. The highest BCUT2D eigenvalue weighted by atomic mass is 32.2. The molecule has 0 atom stereocenters. The Morgan fingerprint density at radius 1 is 1.42 bits per heavy atom. The topological polar surface area (TPSA) is 55.6 Å². The molecule has 1 heterocycles. The van der Waals surface area contributed by atoms with Crippen molar-refractivity contribution in [2.24, 2.45) is 0 Å². The first-order valence-corrected chi connectivity index (χ1v) is 7.33. The molecule has 1 fully saturated rings. The molecule has 1 saturated heterocycles. The van der Waals surface area contributed by atoms with E-state index in [1.54, 1.807) is 24.8 Å². The van der Waals surface area contributed by atoms with Gasteiger partial charge in [-0.15, -0.1) is 11.8 Å². The SMILES string of the molecule is Cc1cc(SCCN2CCOCC2)ccc1[N+](=O)[O-]. The van der Waals surface area contributed by atoms with Gasteiger partial charge >= 0.3 is 0 Å². The average Bonchev–Trinajstić information content (AvgIpc) is 2.39. The first-order valence-electron chi connectivity index (χ1n) is 6.35. The number of benzene rings is 1. The highest BCUT2D eigenvalue weighted by Crippen LogP contribution is 2.25. The molecule has 6 heteroatoms. The Morgan fingerprint density at radius 3 is 2.79 bits per heavy atom. The molecule has 0 aliphatic carbocycles. The molecule has 1 aromatic rings. The van der Waals surface area contributed by atoms with Gasteiger partial charge in [-0.05, 0) is 19.1 Å². The third-order valence-electron chi connectivity index (χ3n) is 3.14. The first-order chi connectivity index (χ1) is 9.16. The summed E-state index contributed by atoms with van der Waals surface area (Å²) in [5.74, 6) is 0.997. The van der Waals surface area contributed by atoms with Crippen molar-refractivity contribution in [1.29, 1.82) is 0 Å². The molecule has 0 radical (unpaired) electrons. The van der Waals surface area contributed by atoms with Crippen molar-refractivity contribution in [3.05, 3.63) is 33.9 Å². The van der Waals surface area contributed by atoms with Gasteiger partial charge in [-0.2, -0.15) is 0 Å². The molecule has 1 aromatic carbocycles. The van der Waals surface area contributed by atoms with Crippen molar-refractivity contribution >= 4 is 17.4 Å². The molecule has 0 spiro atoms. The number of aryl methyl sites for hydroxylation is 1. The number of rotatable bonds is 5. The second kappa shape index (κ2) is 6.88. The maximum Gasteiger partial charge on any atom is 0.272 e. The van der Waals surface area contributed by atoms with E-state index in [-0.39, 0.29) is 10.6 Å². The fourth-order valence-electron chi connectivity index (χ4n) is 2.04. The average molecular weight is 282 g/mol. The number of nitro benzene ring substituents is 1. The van der Waals surface area contributed by atoms with Crippen molar-refractivity contribution in [3.63, 3.8) is 0 Å². The van der Waals surface area contributed by atoms with E-state index in [4.69, 9.17) is 4.74 Å². The molecular weight excluding hydrogens is 264 g/mol. The highest BCUT2D eigenvalue weighted by molar-refractivity contribution is 7.99. The zero-order chi connectivity index (χ0) is 13.7. The van der Waals surface area contributed by atoms with Crippen molar-refractivity contribution < 1.29 is 9.66 Å². The normalized spacial score (nSPS) is 16.5. The van der Waals surface area contributed by atoms with Gasteiger partial charge in [0.05, 0.1) is 18.1 Å². The summed E-state index contributed by atoms with van der Waals surface area (Å²) in [6, 6.07) is 5.31. The lowest BCUT2D eigenvalue weighted by Crippen LogP contribution is -2.37. The maximum absolute atomic E-state index is 10.7. The summed E-state index contributed by atoms with van der Waals surface area (Å²) >= 11 is 1.74. The monoisotopic (exact) mass is 282 g/mol. The number of ether oxygens (including phenoxy) is 1. The summed E-state index contributed by atoms with van der Waals surface area (Å²) in [6.07, 6.45) is 0. The van der Waals surface area contributed by atoms with Gasteiger partial charge in [0.25, 0.3) is 5.69 Å². The number of thioether (sulfide) groups is 1. The zero-order valence-corrected chi connectivity index (χ0v) is 11.8. The molecule has 0 N–H and O–H groups in total. The summed E-state index contributed by atoms with van der Waals surface area (Å²) < 4.78 is 5.30. The number of nitro groups is 1. The van der Waals surface area contributed by atoms with E-state index in [0.717, 1.165) is 49.1 Å². The number of morpholine rings is 1. The second-order valence-corrected chi connectivity index (χ2v) is 5.68. The molecule has 19 heavy (non-hydrogen) atoms. The number of hydrogen-bond donors (Lipinski definition) is 0. The van der Waals surface area contributed by atoms with Crippen LogP contribution >= 0.6 is 11.8 Å². The Kier molecular flexibility index (Phi) is 5.18. The Hall–Kier alpha value is -1.11. The van der Waals surface area contributed by atoms with Gasteiger partial charge in [0.1, 0.15) is 0 Å². The summed E-state index contributed by atoms with van der Waals surface area (Å²) in [5, 5.41) is 10.7. The van der Waals surface area contributed by atoms with E-state index in [9.17, 15) is 10.1 Å². The summed E-state index contributed by atoms with van der Waals surface area (Å²) in [4.78, 5) is 13.9. The van der Waals surface area contributed by atoms with E-state index < -0.39 is 0 Å². The molecule has 104 valence electrons. The minimum Gasteiger partial charge on any atom is -0.379 e. The number of nitrogens with zero attached hydrogens (tertiary/aromatic N) is 2. The molecule has 1 aliphatic rings. The zero-order valence-electron chi connectivity index (χ0n) is 11.0. The lowest BCUT2D eigenvalue weighted by molar-refractivity contribution is -0.385. The largest absolute Gasteiger partial charge is 0.379 e. The summed E-state index contributed by atoms with van der Waals surface area (Å²) in [5.41, 5.74) is 0.916. The van der Waals surface area contributed by atoms with Crippen LogP contribution in [0.25, 0.3) is 0 Å². The molecule has 0 bridgehead atoms. The van der Waals surface area contributed by atoms with Gasteiger partial charge in [-0.1, -0.05) is 0 Å². The third kappa shape index (κ3) is 4.19. The van der Waals surface area contributed by atoms with Gasteiger partial charge in [0, 0.05) is 41.9 Å². The molecule has 0 aromatic heterocycles. The summed E-state index contributed by atoms with van der Waals surface area (Å²) in [7, 11) is 0. The van der Waals surface area contributed by atoms with Gasteiger partial charge in [-0.25, -0.2) is 0 Å². The van der Waals surface area contributed by atoms with Crippen LogP contribution in [-0.4, -0.2) is 48.4 Å². The Labute approximate surface area is 117 Å². The van der Waals surface area contributed by atoms with Crippen molar-refractivity contribution in [2.75, 3.05) is 38.6 Å². The van der Waals surface area contributed by atoms with Crippen LogP contribution in [0.3, 0.4) is 0 Å². The number of hydrogen-bond acceptors (Lipinski definition) is 5.